The highest BCUT2D eigenvalue weighted by atomic mass is 19.1. The second-order valence-corrected chi connectivity index (χ2v) is 10.2. The number of nitrogens with zero attached hydrogens (tertiary/aromatic N) is 6. The number of amides is 2. The van der Waals surface area contributed by atoms with Crippen molar-refractivity contribution in [3.05, 3.63) is 65.3 Å². The molecule has 0 bridgehead atoms. The molecule has 0 N–H and O–H groups in total. The van der Waals surface area contributed by atoms with Gasteiger partial charge in [-0.1, -0.05) is 13.8 Å². The van der Waals surface area contributed by atoms with Gasteiger partial charge in [-0.15, -0.1) is 0 Å². The molecule has 186 valence electrons. The summed E-state index contributed by atoms with van der Waals surface area (Å²) in [5.74, 6) is -0.419. The number of aromatic nitrogens is 3. The Labute approximate surface area is 209 Å². The van der Waals surface area contributed by atoms with E-state index >= 15 is 0 Å². The van der Waals surface area contributed by atoms with Crippen molar-refractivity contribution in [3.8, 4) is 11.3 Å². The number of halogens is 1. The normalized spacial score (nSPS) is 17.2. The lowest BCUT2D eigenvalue weighted by Crippen LogP contribution is -2.62. The van der Waals surface area contributed by atoms with Gasteiger partial charge in [-0.05, 0) is 56.2 Å². The van der Waals surface area contributed by atoms with Crippen LogP contribution in [0.5, 0.6) is 0 Å². The van der Waals surface area contributed by atoms with Crippen LogP contribution in [0, 0.1) is 5.82 Å². The first-order valence-corrected chi connectivity index (χ1v) is 12.1. The lowest BCUT2D eigenvalue weighted by Gasteiger charge is -2.46. The summed E-state index contributed by atoms with van der Waals surface area (Å²) in [7, 11) is 0. The molecule has 2 aliphatic heterocycles. The summed E-state index contributed by atoms with van der Waals surface area (Å²) in [6.07, 6.45) is 5.09. The van der Waals surface area contributed by atoms with Crippen molar-refractivity contribution in [1.29, 1.82) is 0 Å². The number of hydrogen-bond acceptors (Lipinski definition) is 5. The van der Waals surface area contributed by atoms with E-state index in [0.717, 1.165) is 11.1 Å². The van der Waals surface area contributed by atoms with E-state index in [1.54, 1.807) is 38.9 Å². The molecule has 0 spiro atoms. The molecule has 5 rings (SSSR count). The maximum atomic E-state index is 13.6. The molecule has 36 heavy (non-hydrogen) atoms. The van der Waals surface area contributed by atoms with E-state index in [0.29, 0.717) is 48.8 Å². The van der Waals surface area contributed by atoms with Gasteiger partial charge in [-0.25, -0.2) is 13.9 Å². The van der Waals surface area contributed by atoms with Crippen molar-refractivity contribution in [3.63, 3.8) is 0 Å². The van der Waals surface area contributed by atoms with E-state index in [4.69, 9.17) is 0 Å². The van der Waals surface area contributed by atoms with E-state index < -0.39 is 5.54 Å². The fraction of sp³-hybridized carbons (Fsp3) is 0.370. The molecule has 1 fully saturated rings. The number of benzene rings is 1. The molecule has 8 nitrogen and oxygen atoms in total. The zero-order valence-electron chi connectivity index (χ0n) is 20.9. The lowest BCUT2D eigenvalue weighted by atomic mass is 9.97. The molecule has 4 heterocycles. The second kappa shape index (κ2) is 8.96. The molecule has 2 aliphatic rings. The van der Waals surface area contributed by atoms with Crippen LogP contribution in [0.2, 0.25) is 0 Å². The largest absolute Gasteiger partial charge is 0.334 e. The molecule has 9 heteroatoms. The average Bonchev–Trinajstić information content (AvgIpc) is 3.52. The molecular weight excluding hydrogens is 459 g/mol. The van der Waals surface area contributed by atoms with Gasteiger partial charge in [-0.3, -0.25) is 14.6 Å². The number of carbonyl (C=O) groups excluding carboxylic acids is 2. The van der Waals surface area contributed by atoms with Crippen molar-refractivity contribution in [2.45, 2.75) is 39.2 Å². The van der Waals surface area contributed by atoms with Gasteiger partial charge in [0.25, 0.3) is 11.8 Å². The molecular formula is C27H29FN6O2. The number of rotatable bonds is 4. The van der Waals surface area contributed by atoms with Crippen LogP contribution in [0.25, 0.3) is 16.9 Å². The van der Waals surface area contributed by atoms with Crippen molar-refractivity contribution >= 4 is 23.7 Å². The Kier molecular flexibility index (Phi) is 5.94. The van der Waals surface area contributed by atoms with Crippen LogP contribution < -0.4 is 0 Å². The molecule has 0 saturated carbocycles. The topological polar surface area (TPSA) is 83.2 Å². The summed E-state index contributed by atoms with van der Waals surface area (Å²) < 4.78 is 15.1. The standard InChI is InChI=1S/C27H29FN6O2/c1-17(2)21-13-22(18-5-7-20(28)8-6-18)31-34-15-23(30-24(21)34)26(36)33-12-11-32(16-27(33,3)4)25(35)19-9-10-29-14-19/h5-9,13-15,17H,10-12,16H2,1-4H3. The van der Waals surface area contributed by atoms with E-state index in [1.807, 2.05) is 26.0 Å². The minimum absolute atomic E-state index is 0.0525. The maximum absolute atomic E-state index is 13.6. The molecule has 1 saturated heterocycles. The van der Waals surface area contributed by atoms with Gasteiger partial charge >= 0.3 is 0 Å². The number of piperazine rings is 1. The molecule has 0 unspecified atom stereocenters. The number of aliphatic imine (C=N–C) groups is 1. The molecule has 2 amide bonds. The van der Waals surface area contributed by atoms with E-state index in [2.05, 4.69) is 28.9 Å². The van der Waals surface area contributed by atoms with E-state index in [-0.39, 0.29) is 23.5 Å². The van der Waals surface area contributed by atoms with E-state index in [1.165, 1.54) is 12.1 Å². The molecule has 0 atom stereocenters. The minimum atomic E-state index is -0.579. The van der Waals surface area contributed by atoms with Gasteiger partial charge in [0.15, 0.2) is 5.65 Å². The molecule has 0 radical (unpaired) electrons. The Morgan fingerprint density at radius 3 is 2.47 bits per heavy atom. The smallest absolute Gasteiger partial charge is 0.274 e. The van der Waals surface area contributed by atoms with E-state index in [9.17, 15) is 14.0 Å². The number of hydrogen-bond donors (Lipinski definition) is 0. The average molecular weight is 489 g/mol. The summed E-state index contributed by atoms with van der Waals surface area (Å²) >= 11 is 0. The monoisotopic (exact) mass is 488 g/mol. The third kappa shape index (κ3) is 4.29. The van der Waals surface area contributed by atoms with Gasteiger partial charge in [0, 0.05) is 37.0 Å². The van der Waals surface area contributed by atoms with Gasteiger partial charge in [0.2, 0.25) is 0 Å². The zero-order valence-corrected chi connectivity index (χ0v) is 20.9. The van der Waals surface area contributed by atoms with Crippen molar-refractivity contribution in [2.24, 2.45) is 4.99 Å². The zero-order chi connectivity index (χ0) is 25.6. The maximum Gasteiger partial charge on any atom is 0.274 e. The van der Waals surface area contributed by atoms with Crippen LogP contribution in [-0.4, -0.2) is 74.1 Å². The fourth-order valence-electron chi connectivity index (χ4n) is 4.81. The first-order chi connectivity index (χ1) is 17.1. The summed E-state index contributed by atoms with van der Waals surface area (Å²) in [5, 5.41) is 4.67. The Morgan fingerprint density at radius 1 is 1.08 bits per heavy atom. The lowest BCUT2D eigenvalue weighted by molar-refractivity contribution is -0.130. The van der Waals surface area contributed by atoms with Crippen LogP contribution in [0.1, 0.15) is 49.7 Å². The third-order valence-electron chi connectivity index (χ3n) is 6.76. The SMILES string of the molecule is CC(C)c1cc(-c2ccc(F)cc2)nn2cc(C(=O)N3CCN(C(=O)C4=CCN=C4)CC3(C)C)nc12. The number of carbonyl (C=O) groups is 2. The fourth-order valence-corrected chi connectivity index (χ4v) is 4.81. The summed E-state index contributed by atoms with van der Waals surface area (Å²) in [4.78, 5) is 38.8. The summed E-state index contributed by atoms with van der Waals surface area (Å²) in [5.41, 5.74) is 3.37. The highest BCUT2D eigenvalue weighted by molar-refractivity contribution is 6.13. The molecule has 1 aromatic carbocycles. The highest BCUT2D eigenvalue weighted by Gasteiger charge is 2.40. The molecule has 3 aromatic rings. The first kappa shape index (κ1) is 23.8. The predicted octanol–water partition coefficient (Wildman–Crippen LogP) is 3.73. The van der Waals surface area contributed by atoms with Crippen molar-refractivity contribution < 1.29 is 14.0 Å². The third-order valence-corrected chi connectivity index (χ3v) is 6.76. The number of imidazole rings is 1. The minimum Gasteiger partial charge on any atom is -0.334 e. The van der Waals surface area contributed by atoms with Crippen LogP contribution in [0.4, 0.5) is 4.39 Å². The van der Waals surface area contributed by atoms with Gasteiger partial charge in [-0.2, -0.15) is 5.10 Å². The first-order valence-electron chi connectivity index (χ1n) is 12.1. The second-order valence-electron chi connectivity index (χ2n) is 10.2. The quantitative estimate of drug-likeness (QED) is 0.560. The Morgan fingerprint density at radius 2 is 1.83 bits per heavy atom. The molecule has 2 aromatic heterocycles. The Hall–Kier alpha value is -3.88. The van der Waals surface area contributed by atoms with Crippen molar-refractivity contribution in [1.82, 2.24) is 24.4 Å². The van der Waals surface area contributed by atoms with Gasteiger partial charge in [0.1, 0.15) is 11.5 Å². The van der Waals surface area contributed by atoms with Crippen LogP contribution in [0.3, 0.4) is 0 Å². The van der Waals surface area contributed by atoms with Gasteiger partial charge < -0.3 is 9.80 Å². The summed E-state index contributed by atoms with van der Waals surface area (Å²) in [6.45, 7) is 9.83. The Balaban J connectivity index is 1.44. The van der Waals surface area contributed by atoms with Gasteiger partial charge in [0.05, 0.1) is 29.5 Å². The summed E-state index contributed by atoms with van der Waals surface area (Å²) in [6, 6.07) is 8.13. The van der Waals surface area contributed by atoms with Crippen LogP contribution in [0.15, 0.2) is 53.2 Å². The number of fused-ring (bicyclic) bond motifs is 1. The molecule has 0 aliphatic carbocycles. The van der Waals surface area contributed by atoms with Crippen LogP contribution >= 0.6 is 0 Å². The highest BCUT2D eigenvalue weighted by Crippen LogP contribution is 2.28. The Bertz CT molecular complexity index is 1400. The van der Waals surface area contributed by atoms with Crippen LogP contribution in [-0.2, 0) is 4.79 Å². The van der Waals surface area contributed by atoms with Crippen molar-refractivity contribution in [2.75, 3.05) is 26.2 Å². The predicted molar refractivity (Wildman–Crippen MR) is 136 cm³/mol.